The number of carbonyl (C=O) groups excluding carboxylic acids is 4. The summed E-state index contributed by atoms with van der Waals surface area (Å²) in [5.74, 6) is -1.92. The van der Waals surface area contributed by atoms with Crippen molar-refractivity contribution in [1.29, 1.82) is 0 Å². The summed E-state index contributed by atoms with van der Waals surface area (Å²) < 4.78 is 0. The second-order valence-electron chi connectivity index (χ2n) is 10.3. The predicted molar refractivity (Wildman–Crippen MR) is 148 cm³/mol. The number of phenols is 1. The van der Waals surface area contributed by atoms with E-state index in [1.54, 1.807) is 36.4 Å². The third-order valence-corrected chi connectivity index (χ3v) is 7.78. The van der Waals surface area contributed by atoms with Gasteiger partial charge in [-0.05, 0) is 74.2 Å². The van der Waals surface area contributed by atoms with E-state index < -0.39 is 29.8 Å². The quantitative estimate of drug-likeness (QED) is 0.442. The van der Waals surface area contributed by atoms with E-state index in [9.17, 15) is 24.3 Å². The Bertz CT molecular complexity index is 1400. The second kappa shape index (κ2) is 10.4. The molecule has 0 atom stereocenters. The van der Waals surface area contributed by atoms with Crippen LogP contribution >= 0.6 is 0 Å². The maximum atomic E-state index is 14.2. The van der Waals surface area contributed by atoms with Gasteiger partial charge in [0, 0.05) is 11.4 Å². The first-order valence-electron chi connectivity index (χ1n) is 13.2. The lowest BCUT2D eigenvalue weighted by Gasteiger charge is -2.45. The molecule has 1 aliphatic carbocycles. The molecule has 3 aromatic rings. The van der Waals surface area contributed by atoms with Crippen molar-refractivity contribution in [1.82, 2.24) is 4.90 Å². The molecule has 5 rings (SSSR count). The number of phenolic OH excluding ortho intramolecular Hbond substituents is 1. The summed E-state index contributed by atoms with van der Waals surface area (Å²) in [6.45, 7) is 3.33. The lowest BCUT2D eigenvalue weighted by Crippen LogP contribution is -2.62. The fourth-order valence-corrected chi connectivity index (χ4v) is 5.75. The lowest BCUT2D eigenvalue weighted by molar-refractivity contribution is -0.128. The van der Waals surface area contributed by atoms with Gasteiger partial charge in [0.1, 0.15) is 17.8 Å². The first-order valence-corrected chi connectivity index (χ1v) is 13.2. The van der Waals surface area contributed by atoms with E-state index >= 15 is 0 Å². The smallest absolute Gasteiger partial charge is 0.262 e. The van der Waals surface area contributed by atoms with E-state index in [1.165, 1.54) is 17.0 Å². The van der Waals surface area contributed by atoms with Gasteiger partial charge in [0.15, 0.2) is 0 Å². The van der Waals surface area contributed by atoms with Crippen LogP contribution in [-0.4, -0.2) is 45.7 Å². The van der Waals surface area contributed by atoms with Gasteiger partial charge >= 0.3 is 0 Å². The first kappa shape index (κ1) is 26.2. The number of benzene rings is 3. The van der Waals surface area contributed by atoms with Gasteiger partial charge in [-0.25, -0.2) is 0 Å². The molecule has 200 valence electrons. The van der Waals surface area contributed by atoms with E-state index in [-0.39, 0.29) is 22.8 Å². The Labute approximate surface area is 227 Å². The summed E-state index contributed by atoms with van der Waals surface area (Å²) in [4.78, 5) is 56.9. The zero-order valence-electron chi connectivity index (χ0n) is 22.1. The van der Waals surface area contributed by atoms with Crippen molar-refractivity contribution < 1.29 is 24.3 Å². The molecule has 39 heavy (non-hydrogen) atoms. The summed E-state index contributed by atoms with van der Waals surface area (Å²) in [5, 5.41) is 13.0. The molecule has 8 nitrogen and oxygen atoms in total. The Morgan fingerprint density at radius 3 is 1.97 bits per heavy atom. The SMILES string of the molecule is Cc1cccc(C)c1NC(=O)C1(N(C(=O)CN2C(=O)c3ccccc3C2=O)c2ccc(O)cc2)CCCCC1. The minimum Gasteiger partial charge on any atom is -0.508 e. The molecule has 0 saturated heterocycles. The maximum Gasteiger partial charge on any atom is 0.262 e. The van der Waals surface area contributed by atoms with Crippen molar-refractivity contribution in [2.24, 2.45) is 0 Å². The minimum atomic E-state index is -1.25. The number of nitrogens with one attached hydrogen (secondary N) is 1. The number of para-hydroxylation sites is 1. The van der Waals surface area contributed by atoms with Crippen molar-refractivity contribution in [3.05, 3.63) is 89.0 Å². The molecule has 2 N–H and O–H groups in total. The number of nitrogens with zero attached hydrogens (tertiary/aromatic N) is 2. The monoisotopic (exact) mass is 525 g/mol. The van der Waals surface area contributed by atoms with E-state index in [1.807, 2.05) is 32.0 Å². The molecule has 8 heteroatoms. The molecule has 1 saturated carbocycles. The number of amides is 4. The molecule has 4 amide bonds. The van der Waals surface area contributed by atoms with E-state index in [0.717, 1.165) is 35.3 Å². The summed E-state index contributed by atoms with van der Waals surface area (Å²) in [6.07, 6.45) is 3.22. The van der Waals surface area contributed by atoms with Crippen LogP contribution < -0.4 is 10.2 Å². The normalized spacial score (nSPS) is 16.1. The standard InChI is InChI=1S/C31H31N3O5/c1-20-9-8-10-21(2)27(20)32-30(39)31(17-6-3-7-18-31)34(22-13-15-23(35)16-14-22)26(36)19-33-28(37)24-11-4-5-12-25(24)29(33)38/h4-5,8-16,35H,3,6-7,17-19H2,1-2H3,(H,32,39). The summed E-state index contributed by atoms with van der Waals surface area (Å²) in [5.41, 5.74) is 2.18. The average molecular weight is 526 g/mol. The first-order chi connectivity index (χ1) is 18.7. The van der Waals surface area contributed by atoms with Gasteiger partial charge < -0.3 is 10.4 Å². The Balaban J connectivity index is 1.55. The second-order valence-corrected chi connectivity index (χ2v) is 10.3. The highest BCUT2D eigenvalue weighted by Gasteiger charge is 2.49. The predicted octanol–water partition coefficient (Wildman–Crippen LogP) is 4.98. The van der Waals surface area contributed by atoms with Crippen molar-refractivity contribution in [2.45, 2.75) is 51.5 Å². The molecule has 1 heterocycles. The number of carbonyl (C=O) groups is 4. The number of imide groups is 1. The van der Waals surface area contributed by atoms with Gasteiger partial charge in [0.05, 0.1) is 11.1 Å². The molecule has 0 radical (unpaired) electrons. The van der Waals surface area contributed by atoms with Crippen molar-refractivity contribution >= 4 is 35.0 Å². The third kappa shape index (κ3) is 4.67. The highest BCUT2D eigenvalue weighted by atomic mass is 16.3. The Morgan fingerprint density at radius 1 is 0.846 bits per heavy atom. The fourth-order valence-electron chi connectivity index (χ4n) is 5.75. The number of rotatable bonds is 6. The van der Waals surface area contributed by atoms with Crippen LogP contribution in [0.4, 0.5) is 11.4 Å². The number of hydrogen-bond donors (Lipinski definition) is 2. The summed E-state index contributed by atoms with van der Waals surface area (Å²) >= 11 is 0. The van der Waals surface area contributed by atoms with Gasteiger partial charge in [-0.2, -0.15) is 0 Å². The van der Waals surface area contributed by atoms with E-state index in [0.29, 0.717) is 24.2 Å². The van der Waals surface area contributed by atoms with Crippen LogP contribution in [0.15, 0.2) is 66.7 Å². The Morgan fingerprint density at radius 2 is 1.41 bits per heavy atom. The molecule has 1 fully saturated rings. The number of anilines is 2. The maximum absolute atomic E-state index is 14.2. The van der Waals surface area contributed by atoms with Crippen LogP contribution in [-0.2, 0) is 9.59 Å². The van der Waals surface area contributed by atoms with Crippen LogP contribution in [0, 0.1) is 13.8 Å². The number of aromatic hydroxyl groups is 1. The van der Waals surface area contributed by atoms with Gasteiger partial charge in [-0.15, -0.1) is 0 Å². The van der Waals surface area contributed by atoms with Gasteiger partial charge in [0.25, 0.3) is 17.7 Å². The highest BCUT2D eigenvalue weighted by molar-refractivity contribution is 6.23. The molecule has 2 aliphatic rings. The topological polar surface area (TPSA) is 107 Å². The zero-order chi connectivity index (χ0) is 27.7. The summed E-state index contributed by atoms with van der Waals surface area (Å²) in [6, 6.07) is 18.3. The Hall–Kier alpha value is -4.46. The number of aryl methyl sites for hydroxylation is 2. The van der Waals surface area contributed by atoms with Crippen molar-refractivity contribution in [2.75, 3.05) is 16.8 Å². The fraction of sp³-hybridized carbons (Fsp3) is 0.290. The molecule has 0 bridgehead atoms. The minimum absolute atomic E-state index is 0.0178. The van der Waals surface area contributed by atoms with Crippen LogP contribution in [0.5, 0.6) is 5.75 Å². The van der Waals surface area contributed by atoms with Gasteiger partial charge in [-0.3, -0.25) is 29.0 Å². The van der Waals surface area contributed by atoms with E-state index in [2.05, 4.69) is 5.32 Å². The number of hydrogen-bond acceptors (Lipinski definition) is 5. The van der Waals surface area contributed by atoms with Crippen molar-refractivity contribution in [3.63, 3.8) is 0 Å². The van der Waals surface area contributed by atoms with Gasteiger partial charge in [-0.1, -0.05) is 49.6 Å². The van der Waals surface area contributed by atoms with Crippen molar-refractivity contribution in [3.8, 4) is 5.75 Å². The molecule has 0 spiro atoms. The summed E-state index contributed by atoms with van der Waals surface area (Å²) in [7, 11) is 0. The molecule has 3 aromatic carbocycles. The number of fused-ring (bicyclic) bond motifs is 1. The third-order valence-electron chi connectivity index (χ3n) is 7.78. The van der Waals surface area contributed by atoms with Gasteiger partial charge in [0.2, 0.25) is 5.91 Å². The zero-order valence-corrected chi connectivity index (χ0v) is 22.1. The average Bonchev–Trinajstić information content (AvgIpc) is 3.17. The highest BCUT2D eigenvalue weighted by Crippen LogP contribution is 2.39. The molecule has 1 aliphatic heterocycles. The van der Waals surface area contributed by atoms with Crippen LogP contribution in [0.1, 0.15) is 63.9 Å². The van der Waals surface area contributed by atoms with Crippen LogP contribution in [0.25, 0.3) is 0 Å². The van der Waals surface area contributed by atoms with Crippen LogP contribution in [0.2, 0.25) is 0 Å². The molecule has 0 unspecified atom stereocenters. The molecule has 0 aromatic heterocycles. The molecular weight excluding hydrogens is 494 g/mol. The lowest BCUT2D eigenvalue weighted by atomic mass is 9.78. The van der Waals surface area contributed by atoms with E-state index in [4.69, 9.17) is 0 Å². The largest absolute Gasteiger partial charge is 0.508 e. The van der Waals surface area contributed by atoms with Crippen LogP contribution in [0.3, 0.4) is 0 Å². The Kier molecular flexibility index (Phi) is 6.95. The molecular formula is C31H31N3O5.